The Morgan fingerprint density at radius 3 is 2.18 bits per heavy atom. The molecule has 144 valence electrons. The molecule has 0 radical (unpaired) electrons. The maximum atomic E-state index is 12.2. The average Bonchev–Trinajstić information content (AvgIpc) is 2.93. The summed E-state index contributed by atoms with van der Waals surface area (Å²) in [5.74, 6) is -1.94. The van der Waals surface area contributed by atoms with Crippen molar-refractivity contribution in [3.63, 3.8) is 0 Å². The third-order valence-corrected chi connectivity index (χ3v) is 4.50. The molecule has 8 heteroatoms. The SMILES string of the molecule is C[C@H](NC(=O)c1ccc(Cl)cc1)C(=O)OCCN1C(=O)c2ccccc2C1=O. The van der Waals surface area contributed by atoms with Crippen LogP contribution in [0.1, 0.15) is 38.0 Å². The van der Waals surface area contributed by atoms with Gasteiger partial charge in [-0.3, -0.25) is 19.3 Å². The van der Waals surface area contributed by atoms with Crippen LogP contribution in [0, 0.1) is 0 Å². The zero-order chi connectivity index (χ0) is 20.3. The molecule has 3 rings (SSSR count). The predicted molar refractivity (Wildman–Crippen MR) is 101 cm³/mol. The Hall–Kier alpha value is -3.19. The molecule has 7 nitrogen and oxygen atoms in total. The number of hydrogen-bond acceptors (Lipinski definition) is 5. The minimum atomic E-state index is -0.898. The van der Waals surface area contributed by atoms with Crippen LogP contribution in [0.5, 0.6) is 0 Å². The Morgan fingerprint density at radius 1 is 1.04 bits per heavy atom. The van der Waals surface area contributed by atoms with E-state index in [1.807, 2.05) is 0 Å². The van der Waals surface area contributed by atoms with Crippen molar-refractivity contribution in [3.05, 3.63) is 70.2 Å². The van der Waals surface area contributed by atoms with Crippen LogP contribution in [0.4, 0.5) is 0 Å². The van der Waals surface area contributed by atoms with Crippen LogP contribution in [0.3, 0.4) is 0 Å². The van der Waals surface area contributed by atoms with Crippen molar-refractivity contribution in [2.75, 3.05) is 13.2 Å². The van der Waals surface area contributed by atoms with E-state index in [2.05, 4.69) is 5.32 Å². The molecule has 0 aromatic heterocycles. The van der Waals surface area contributed by atoms with E-state index in [0.717, 1.165) is 4.90 Å². The van der Waals surface area contributed by atoms with Gasteiger partial charge in [-0.2, -0.15) is 0 Å². The van der Waals surface area contributed by atoms with Crippen LogP contribution in [-0.2, 0) is 9.53 Å². The molecular formula is C20H17ClN2O5. The van der Waals surface area contributed by atoms with E-state index in [-0.39, 0.29) is 13.2 Å². The maximum Gasteiger partial charge on any atom is 0.328 e. The van der Waals surface area contributed by atoms with Gasteiger partial charge in [-0.15, -0.1) is 0 Å². The number of ether oxygens (including phenoxy) is 1. The van der Waals surface area contributed by atoms with Crippen molar-refractivity contribution in [1.29, 1.82) is 0 Å². The van der Waals surface area contributed by atoms with E-state index in [9.17, 15) is 19.2 Å². The van der Waals surface area contributed by atoms with Gasteiger partial charge in [0.1, 0.15) is 12.6 Å². The number of carbonyl (C=O) groups excluding carboxylic acids is 4. The summed E-state index contributed by atoms with van der Waals surface area (Å²) in [6.07, 6.45) is 0. The molecule has 1 aliphatic heterocycles. The summed E-state index contributed by atoms with van der Waals surface area (Å²) in [5.41, 5.74) is 1.03. The zero-order valence-corrected chi connectivity index (χ0v) is 15.7. The number of nitrogens with zero attached hydrogens (tertiary/aromatic N) is 1. The van der Waals surface area contributed by atoms with Crippen molar-refractivity contribution < 1.29 is 23.9 Å². The molecule has 0 spiro atoms. The first kappa shape index (κ1) is 19.6. The smallest absolute Gasteiger partial charge is 0.328 e. The summed E-state index contributed by atoms with van der Waals surface area (Å²) >= 11 is 5.78. The molecular weight excluding hydrogens is 384 g/mol. The molecule has 0 aliphatic carbocycles. The molecule has 1 aliphatic rings. The highest BCUT2D eigenvalue weighted by atomic mass is 35.5. The molecule has 1 atom stereocenters. The average molecular weight is 401 g/mol. The second-order valence-electron chi connectivity index (χ2n) is 6.18. The zero-order valence-electron chi connectivity index (χ0n) is 15.0. The first-order valence-corrected chi connectivity index (χ1v) is 8.94. The Kier molecular flexibility index (Phi) is 5.75. The van der Waals surface area contributed by atoms with Crippen molar-refractivity contribution in [3.8, 4) is 0 Å². The fourth-order valence-electron chi connectivity index (χ4n) is 2.74. The molecule has 0 saturated heterocycles. The number of carbonyl (C=O) groups is 4. The summed E-state index contributed by atoms with van der Waals surface area (Å²) in [5, 5.41) is 3.02. The van der Waals surface area contributed by atoms with Crippen LogP contribution < -0.4 is 5.32 Å². The third-order valence-electron chi connectivity index (χ3n) is 4.24. The van der Waals surface area contributed by atoms with E-state index >= 15 is 0 Å². The second-order valence-corrected chi connectivity index (χ2v) is 6.61. The Morgan fingerprint density at radius 2 is 1.61 bits per heavy atom. The number of amides is 3. The third kappa shape index (κ3) is 4.04. The van der Waals surface area contributed by atoms with Gasteiger partial charge >= 0.3 is 5.97 Å². The highest BCUT2D eigenvalue weighted by Gasteiger charge is 2.35. The van der Waals surface area contributed by atoms with Crippen molar-refractivity contribution in [1.82, 2.24) is 10.2 Å². The van der Waals surface area contributed by atoms with Crippen LogP contribution >= 0.6 is 11.6 Å². The lowest BCUT2D eigenvalue weighted by molar-refractivity contribution is -0.145. The molecule has 0 unspecified atom stereocenters. The molecule has 0 bridgehead atoms. The van der Waals surface area contributed by atoms with Gasteiger partial charge < -0.3 is 10.1 Å². The van der Waals surface area contributed by atoms with Crippen LogP contribution in [-0.4, -0.2) is 47.8 Å². The predicted octanol–water partition coefficient (Wildman–Crippen LogP) is 2.30. The monoisotopic (exact) mass is 400 g/mol. The van der Waals surface area contributed by atoms with Crippen molar-refractivity contribution in [2.45, 2.75) is 13.0 Å². The van der Waals surface area contributed by atoms with Gasteiger partial charge in [0.2, 0.25) is 0 Å². The lowest BCUT2D eigenvalue weighted by atomic mass is 10.1. The van der Waals surface area contributed by atoms with Crippen molar-refractivity contribution in [2.24, 2.45) is 0 Å². The Bertz CT molecular complexity index is 907. The number of hydrogen-bond donors (Lipinski definition) is 1. The quantitative estimate of drug-likeness (QED) is 0.593. The van der Waals surface area contributed by atoms with Gasteiger partial charge in [0.05, 0.1) is 17.7 Å². The van der Waals surface area contributed by atoms with Gasteiger partial charge in [0, 0.05) is 10.6 Å². The van der Waals surface area contributed by atoms with Gasteiger partial charge in [-0.1, -0.05) is 23.7 Å². The molecule has 1 heterocycles. The Labute approximate surface area is 166 Å². The lowest BCUT2D eigenvalue weighted by Gasteiger charge is -2.16. The van der Waals surface area contributed by atoms with E-state index in [4.69, 9.17) is 16.3 Å². The number of imide groups is 1. The number of fused-ring (bicyclic) bond motifs is 1. The molecule has 1 N–H and O–H groups in total. The number of rotatable bonds is 6. The summed E-state index contributed by atoms with van der Waals surface area (Å²) in [6.45, 7) is 1.26. The summed E-state index contributed by atoms with van der Waals surface area (Å²) in [4.78, 5) is 49.7. The molecule has 2 aromatic rings. The van der Waals surface area contributed by atoms with Crippen LogP contribution in [0.2, 0.25) is 5.02 Å². The van der Waals surface area contributed by atoms with Gasteiger partial charge in [-0.25, -0.2) is 4.79 Å². The largest absolute Gasteiger partial charge is 0.462 e. The summed E-state index contributed by atoms with van der Waals surface area (Å²) < 4.78 is 5.10. The topological polar surface area (TPSA) is 92.8 Å². The first-order chi connectivity index (χ1) is 13.4. The molecule has 3 amide bonds. The fourth-order valence-corrected chi connectivity index (χ4v) is 2.87. The van der Waals surface area contributed by atoms with Crippen molar-refractivity contribution >= 4 is 35.3 Å². The molecule has 2 aromatic carbocycles. The normalized spacial score (nSPS) is 13.9. The van der Waals surface area contributed by atoms with E-state index in [1.165, 1.54) is 19.1 Å². The Balaban J connectivity index is 1.49. The number of nitrogens with one attached hydrogen (secondary N) is 1. The van der Waals surface area contributed by atoms with E-state index in [1.54, 1.807) is 36.4 Å². The molecule has 0 saturated carbocycles. The standard InChI is InChI=1S/C20H17ClN2O5/c1-12(22-17(24)13-6-8-14(21)9-7-13)20(27)28-11-10-23-18(25)15-4-2-3-5-16(15)19(23)26/h2-9,12H,10-11H2,1H3,(H,22,24)/t12-/m0/s1. The minimum Gasteiger partial charge on any atom is -0.462 e. The minimum absolute atomic E-state index is 0.0596. The van der Waals surface area contributed by atoms with Crippen LogP contribution in [0.15, 0.2) is 48.5 Å². The van der Waals surface area contributed by atoms with E-state index in [0.29, 0.717) is 21.7 Å². The van der Waals surface area contributed by atoms with Crippen LogP contribution in [0.25, 0.3) is 0 Å². The second kappa shape index (κ2) is 8.22. The highest BCUT2D eigenvalue weighted by Crippen LogP contribution is 2.21. The van der Waals surface area contributed by atoms with Gasteiger partial charge in [0.15, 0.2) is 0 Å². The molecule has 0 fully saturated rings. The fraction of sp³-hybridized carbons (Fsp3) is 0.200. The van der Waals surface area contributed by atoms with Gasteiger partial charge in [0.25, 0.3) is 17.7 Å². The number of esters is 1. The van der Waals surface area contributed by atoms with E-state index < -0.39 is 29.7 Å². The number of benzene rings is 2. The first-order valence-electron chi connectivity index (χ1n) is 8.57. The summed E-state index contributed by atoms with van der Waals surface area (Å²) in [6, 6.07) is 11.8. The lowest BCUT2D eigenvalue weighted by Crippen LogP contribution is -2.41. The summed E-state index contributed by atoms with van der Waals surface area (Å²) in [7, 11) is 0. The highest BCUT2D eigenvalue weighted by molar-refractivity contribution is 6.30. The van der Waals surface area contributed by atoms with Gasteiger partial charge in [-0.05, 0) is 43.3 Å². The number of halogens is 1. The maximum absolute atomic E-state index is 12.2. The molecule has 28 heavy (non-hydrogen) atoms.